The number of nitrogens with zero attached hydrogens (tertiary/aromatic N) is 3. The van der Waals surface area contributed by atoms with E-state index in [-0.39, 0.29) is 0 Å². The molecule has 4 N–H and O–H groups in total. The van der Waals surface area contributed by atoms with Gasteiger partial charge in [0, 0.05) is 12.6 Å². The Morgan fingerprint density at radius 3 is 2.62 bits per heavy atom. The minimum Gasteiger partial charge on any atom is -0.370 e. The zero-order valence-electron chi connectivity index (χ0n) is 10.1. The largest absolute Gasteiger partial charge is 0.370 e. The Balaban J connectivity index is 2.44. The van der Waals surface area contributed by atoms with Crippen LogP contribution in [0.5, 0.6) is 0 Å². The van der Waals surface area contributed by atoms with Gasteiger partial charge in [-0.05, 0) is 34.0 Å². The number of anilines is 2. The van der Waals surface area contributed by atoms with Gasteiger partial charge in [0.1, 0.15) is 17.5 Å². The molecule has 90 valence electrons. The predicted molar refractivity (Wildman–Crippen MR) is 66.2 cm³/mol. The highest BCUT2D eigenvalue weighted by Crippen LogP contribution is 2.09. The number of aryl methyl sites for hydroxylation is 1. The molecule has 0 radical (unpaired) electrons. The van der Waals surface area contributed by atoms with Gasteiger partial charge in [-0.15, -0.1) is 0 Å². The van der Waals surface area contributed by atoms with E-state index in [0.29, 0.717) is 11.6 Å². The van der Waals surface area contributed by atoms with Crippen LogP contribution in [0, 0.1) is 6.92 Å². The van der Waals surface area contributed by atoms with Crippen molar-refractivity contribution in [2.75, 3.05) is 37.9 Å². The van der Waals surface area contributed by atoms with E-state index < -0.39 is 0 Å². The molecular weight excluding hydrogens is 204 g/mol. The first-order valence-corrected chi connectivity index (χ1v) is 5.32. The Kier molecular flexibility index (Phi) is 4.94. The molecule has 1 aromatic heterocycles. The van der Waals surface area contributed by atoms with Crippen molar-refractivity contribution < 1.29 is 0 Å². The van der Waals surface area contributed by atoms with Crippen LogP contribution in [-0.2, 0) is 0 Å². The summed E-state index contributed by atoms with van der Waals surface area (Å²) in [6, 6.07) is 1.79. The highest BCUT2D eigenvalue weighted by Gasteiger charge is 1.99. The van der Waals surface area contributed by atoms with E-state index in [9.17, 15) is 0 Å². The maximum absolute atomic E-state index is 5.31. The molecule has 0 amide bonds. The summed E-state index contributed by atoms with van der Waals surface area (Å²) in [4.78, 5) is 10.5. The molecule has 0 fully saturated rings. The van der Waals surface area contributed by atoms with E-state index in [1.165, 1.54) is 0 Å². The van der Waals surface area contributed by atoms with E-state index in [1.807, 2.05) is 6.92 Å². The Hall–Kier alpha value is -1.40. The zero-order valence-corrected chi connectivity index (χ0v) is 10.1. The molecule has 0 spiro atoms. The maximum Gasteiger partial charge on any atom is 0.145 e. The second-order valence-electron chi connectivity index (χ2n) is 3.91. The van der Waals surface area contributed by atoms with Crippen molar-refractivity contribution in [1.82, 2.24) is 14.9 Å². The summed E-state index contributed by atoms with van der Waals surface area (Å²) in [5, 5.41) is 3.24. The van der Waals surface area contributed by atoms with Gasteiger partial charge in [0.25, 0.3) is 0 Å². The molecule has 0 saturated heterocycles. The van der Waals surface area contributed by atoms with Crippen molar-refractivity contribution in [3.8, 4) is 0 Å². The lowest BCUT2D eigenvalue weighted by Gasteiger charge is -2.11. The third kappa shape index (κ3) is 4.41. The third-order valence-electron chi connectivity index (χ3n) is 2.07. The molecular formula is C10H20N6. The van der Waals surface area contributed by atoms with Gasteiger partial charge in [0.15, 0.2) is 0 Å². The summed E-state index contributed by atoms with van der Waals surface area (Å²) in [6.07, 6.45) is 1.07. The smallest absolute Gasteiger partial charge is 0.145 e. The Labute approximate surface area is 96.2 Å². The van der Waals surface area contributed by atoms with Crippen molar-refractivity contribution >= 4 is 11.6 Å². The van der Waals surface area contributed by atoms with Gasteiger partial charge in [0.2, 0.25) is 0 Å². The van der Waals surface area contributed by atoms with Crippen LogP contribution >= 0.6 is 0 Å². The van der Waals surface area contributed by atoms with Crippen LogP contribution in [-0.4, -0.2) is 42.1 Å². The zero-order chi connectivity index (χ0) is 12.0. The molecule has 0 aliphatic rings. The SMILES string of the molecule is Cc1nc(NN)cc(NCCCN(C)C)n1. The molecule has 0 aromatic carbocycles. The van der Waals surface area contributed by atoms with Gasteiger partial charge in [0.05, 0.1) is 0 Å². The minimum atomic E-state index is 0.627. The van der Waals surface area contributed by atoms with Crippen molar-refractivity contribution in [1.29, 1.82) is 0 Å². The van der Waals surface area contributed by atoms with Crippen molar-refractivity contribution in [2.24, 2.45) is 5.84 Å². The van der Waals surface area contributed by atoms with Crippen LogP contribution in [0.2, 0.25) is 0 Å². The fourth-order valence-corrected chi connectivity index (χ4v) is 1.34. The summed E-state index contributed by atoms with van der Waals surface area (Å²) in [6.45, 7) is 3.78. The van der Waals surface area contributed by atoms with Gasteiger partial charge >= 0.3 is 0 Å². The first kappa shape index (κ1) is 12.7. The Morgan fingerprint density at radius 1 is 1.31 bits per heavy atom. The lowest BCUT2D eigenvalue weighted by molar-refractivity contribution is 0.405. The molecule has 16 heavy (non-hydrogen) atoms. The van der Waals surface area contributed by atoms with Crippen LogP contribution in [0.1, 0.15) is 12.2 Å². The molecule has 0 aliphatic heterocycles. The molecule has 1 rings (SSSR count). The first-order chi connectivity index (χ1) is 7.61. The van der Waals surface area contributed by atoms with Crippen molar-refractivity contribution in [3.05, 3.63) is 11.9 Å². The number of nitrogens with two attached hydrogens (primary N) is 1. The fourth-order valence-electron chi connectivity index (χ4n) is 1.34. The molecule has 0 aliphatic carbocycles. The van der Waals surface area contributed by atoms with Gasteiger partial charge in [-0.25, -0.2) is 15.8 Å². The molecule has 0 bridgehead atoms. The predicted octanol–water partition coefficient (Wildman–Crippen LogP) is 0.434. The summed E-state index contributed by atoms with van der Waals surface area (Å²) >= 11 is 0. The van der Waals surface area contributed by atoms with Crippen LogP contribution in [0.15, 0.2) is 6.07 Å². The van der Waals surface area contributed by atoms with Crippen LogP contribution < -0.4 is 16.6 Å². The number of rotatable bonds is 6. The monoisotopic (exact) mass is 224 g/mol. The standard InChI is InChI=1S/C10H20N6/c1-8-13-9(7-10(14-8)15-11)12-5-4-6-16(2)3/h7H,4-6,11H2,1-3H3,(H2,12,13,14,15). The molecule has 6 nitrogen and oxygen atoms in total. The van der Waals surface area contributed by atoms with Crippen LogP contribution in [0.25, 0.3) is 0 Å². The summed E-state index contributed by atoms with van der Waals surface area (Å²) < 4.78 is 0. The molecule has 0 atom stereocenters. The van der Waals surface area contributed by atoms with Crippen LogP contribution in [0.3, 0.4) is 0 Å². The van der Waals surface area contributed by atoms with Crippen molar-refractivity contribution in [3.63, 3.8) is 0 Å². The molecule has 1 heterocycles. The van der Waals surface area contributed by atoms with Gasteiger partial charge in [-0.3, -0.25) is 0 Å². The van der Waals surface area contributed by atoms with Gasteiger partial charge in [-0.2, -0.15) is 0 Å². The number of nitrogen functional groups attached to an aromatic ring is 1. The van der Waals surface area contributed by atoms with E-state index in [2.05, 4.69) is 39.7 Å². The van der Waals surface area contributed by atoms with Gasteiger partial charge < -0.3 is 15.6 Å². The first-order valence-electron chi connectivity index (χ1n) is 5.32. The molecule has 0 saturated carbocycles. The Morgan fingerprint density at radius 2 is 2.00 bits per heavy atom. The van der Waals surface area contributed by atoms with Crippen molar-refractivity contribution in [2.45, 2.75) is 13.3 Å². The third-order valence-corrected chi connectivity index (χ3v) is 2.07. The number of nitrogens with one attached hydrogen (secondary N) is 2. The van der Waals surface area contributed by atoms with E-state index >= 15 is 0 Å². The molecule has 0 unspecified atom stereocenters. The number of hydrogen-bond donors (Lipinski definition) is 3. The van der Waals surface area contributed by atoms with E-state index in [0.717, 1.165) is 25.3 Å². The normalized spacial score (nSPS) is 10.6. The number of hydrazine groups is 1. The second-order valence-corrected chi connectivity index (χ2v) is 3.91. The maximum atomic E-state index is 5.31. The lowest BCUT2D eigenvalue weighted by Crippen LogP contribution is -2.17. The summed E-state index contributed by atoms with van der Waals surface area (Å²) in [5.41, 5.74) is 2.52. The van der Waals surface area contributed by atoms with E-state index in [4.69, 9.17) is 5.84 Å². The topological polar surface area (TPSA) is 79.1 Å². The molecule has 6 heteroatoms. The second kappa shape index (κ2) is 6.24. The average Bonchev–Trinajstić information content (AvgIpc) is 2.23. The minimum absolute atomic E-state index is 0.627. The lowest BCUT2D eigenvalue weighted by atomic mass is 10.4. The number of aromatic nitrogens is 2. The highest BCUT2D eigenvalue weighted by molar-refractivity contribution is 5.46. The fraction of sp³-hybridized carbons (Fsp3) is 0.600. The summed E-state index contributed by atoms with van der Waals surface area (Å²) in [5.74, 6) is 7.44. The quantitative estimate of drug-likeness (QED) is 0.369. The molecule has 1 aromatic rings. The highest BCUT2D eigenvalue weighted by atomic mass is 15.3. The Bertz CT molecular complexity index is 325. The van der Waals surface area contributed by atoms with E-state index in [1.54, 1.807) is 6.07 Å². The number of hydrogen-bond acceptors (Lipinski definition) is 6. The van der Waals surface area contributed by atoms with Crippen LogP contribution in [0.4, 0.5) is 11.6 Å². The summed E-state index contributed by atoms with van der Waals surface area (Å²) in [7, 11) is 4.12. The average molecular weight is 224 g/mol. The van der Waals surface area contributed by atoms with Gasteiger partial charge in [-0.1, -0.05) is 0 Å².